The molecule has 0 aromatic heterocycles. The average Bonchev–Trinajstić information content (AvgIpc) is 2.38. The van der Waals surface area contributed by atoms with Gasteiger partial charge in [0.1, 0.15) is 23.4 Å². The topological polar surface area (TPSA) is 53.2 Å². The minimum absolute atomic E-state index is 0.0221. The Hall–Kier alpha value is -2.54. The Labute approximate surface area is 104 Å². The third-order valence-corrected chi connectivity index (χ3v) is 2.56. The molecule has 0 fully saturated rings. The number of hydrogen-bond donors (Lipinski definition) is 1. The van der Waals surface area contributed by atoms with Crippen LogP contribution in [0.1, 0.15) is 5.56 Å². The zero-order chi connectivity index (χ0) is 13.1. The van der Waals surface area contributed by atoms with E-state index in [9.17, 15) is 9.50 Å². The van der Waals surface area contributed by atoms with Crippen LogP contribution in [0.15, 0.2) is 36.4 Å². The Morgan fingerprint density at radius 3 is 2.72 bits per heavy atom. The summed E-state index contributed by atoms with van der Waals surface area (Å²) in [7, 11) is 1.46. The van der Waals surface area contributed by atoms with Gasteiger partial charge in [-0.1, -0.05) is 12.1 Å². The molecular formula is C14H10FNO2. The van der Waals surface area contributed by atoms with E-state index in [0.717, 1.165) is 0 Å². The summed E-state index contributed by atoms with van der Waals surface area (Å²) in [5, 5.41) is 18.3. The number of ether oxygens (including phenoxy) is 1. The van der Waals surface area contributed by atoms with Gasteiger partial charge in [-0.25, -0.2) is 4.39 Å². The largest absolute Gasteiger partial charge is 0.508 e. The number of aromatic hydroxyl groups is 1. The molecule has 2 aromatic carbocycles. The van der Waals surface area contributed by atoms with Gasteiger partial charge in [0, 0.05) is 11.6 Å². The quantitative estimate of drug-likeness (QED) is 0.881. The zero-order valence-corrected chi connectivity index (χ0v) is 9.64. The normalized spacial score (nSPS) is 9.83. The first-order valence-electron chi connectivity index (χ1n) is 5.22. The number of phenols is 1. The van der Waals surface area contributed by atoms with Crippen LogP contribution in [0.25, 0.3) is 11.1 Å². The van der Waals surface area contributed by atoms with Crippen molar-refractivity contribution in [3.63, 3.8) is 0 Å². The van der Waals surface area contributed by atoms with E-state index in [1.165, 1.54) is 25.3 Å². The first-order chi connectivity index (χ1) is 8.65. The average molecular weight is 243 g/mol. The molecule has 0 saturated carbocycles. The molecule has 0 atom stereocenters. The van der Waals surface area contributed by atoms with Crippen LogP contribution in [0.5, 0.6) is 11.5 Å². The van der Waals surface area contributed by atoms with E-state index in [0.29, 0.717) is 11.3 Å². The smallest absolute Gasteiger partial charge is 0.148 e. The molecule has 2 aromatic rings. The maximum absolute atomic E-state index is 14.0. The van der Waals surface area contributed by atoms with Crippen molar-refractivity contribution in [1.29, 1.82) is 5.26 Å². The van der Waals surface area contributed by atoms with Crippen molar-refractivity contribution in [2.24, 2.45) is 0 Å². The van der Waals surface area contributed by atoms with Crippen molar-refractivity contribution in [2.75, 3.05) is 7.11 Å². The second-order valence-electron chi connectivity index (χ2n) is 3.70. The summed E-state index contributed by atoms with van der Waals surface area (Å²) in [4.78, 5) is 0. The Morgan fingerprint density at radius 1 is 1.28 bits per heavy atom. The summed E-state index contributed by atoms with van der Waals surface area (Å²) in [5.74, 6) is -0.203. The van der Waals surface area contributed by atoms with Crippen LogP contribution >= 0.6 is 0 Å². The predicted molar refractivity (Wildman–Crippen MR) is 64.8 cm³/mol. The molecule has 0 bridgehead atoms. The number of halogens is 1. The van der Waals surface area contributed by atoms with Gasteiger partial charge in [-0.05, 0) is 23.8 Å². The molecule has 0 spiro atoms. The number of phenolic OH excluding ortho intramolecular Hbond substituents is 1. The third kappa shape index (κ3) is 2.11. The number of hydrogen-bond acceptors (Lipinski definition) is 3. The molecule has 0 aliphatic heterocycles. The Balaban J connectivity index is 2.62. The van der Waals surface area contributed by atoms with Crippen molar-refractivity contribution >= 4 is 0 Å². The van der Waals surface area contributed by atoms with E-state index < -0.39 is 5.82 Å². The molecule has 3 nitrogen and oxygen atoms in total. The Bertz CT molecular complexity index is 632. The molecule has 90 valence electrons. The molecule has 0 amide bonds. The fourth-order valence-corrected chi connectivity index (χ4v) is 1.70. The lowest BCUT2D eigenvalue weighted by atomic mass is 10.0. The van der Waals surface area contributed by atoms with Gasteiger partial charge in [-0.2, -0.15) is 5.26 Å². The van der Waals surface area contributed by atoms with E-state index in [2.05, 4.69) is 0 Å². The van der Waals surface area contributed by atoms with Crippen molar-refractivity contribution in [1.82, 2.24) is 0 Å². The van der Waals surface area contributed by atoms with Crippen LogP contribution in [0.4, 0.5) is 4.39 Å². The molecule has 0 saturated heterocycles. The first kappa shape index (κ1) is 11.9. The lowest BCUT2D eigenvalue weighted by Crippen LogP contribution is -1.90. The van der Waals surface area contributed by atoms with Crippen molar-refractivity contribution in [3.8, 4) is 28.7 Å². The molecule has 18 heavy (non-hydrogen) atoms. The number of rotatable bonds is 2. The van der Waals surface area contributed by atoms with Crippen LogP contribution in [0.2, 0.25) is 0 Å². The molecule has 1 N–H and O–H groups in total. The Morgan fingerprint density at radius 2 is 2.06 bits per heavy atom. The number of methoxy groups -OCH3 is 1. The van der Waals surface area contributed by atoms with Gasteiger partial charge in [-0.3, -0.25) is 0 Å². The second-order valence-corrected chi connectivity index (χ2v) is 3.70. The molecule has 0 aliphatic rings. The summed E-state index contributed by atoms with van der Waals surface area (Å²) in [6.07, 6.45) is 0. The van der Waals surface area contributed by atoms with Crippen molar-refractivity contribution in [2.45, 2.75) is 0 Å². The summed E-state index contributed by atoms with van der Waals surface area (Å²) < 4.78 is 19.0. The number of nitriles is 1. The SMILES string of the molecule is COc1cc(O)cc(-c2cccc(C#N)c2F)c1. The monoisotopic (exact) mass is 243 g/mol. The molecule has 0 aliphatic carbocycles. The van der Waals surface area contributed by atoms with Crippen LogP contribution in [0, 0.1) is 17.1 Å². The minimum atomic E-state index is -0.604. The minimum Gasteiger partial charge on any atom is -0.508 e. The number of benzene rings is 2. The zero-order valence-electron chi connectivity index (χ0n) is 9.64. The van der Waals surface area contributed by atoms with E-state index in [4.69, 9.17) is 10.00 Å². The second kappa shape index (κ2) is 4.76. The standard InChI is InChI=1S/C14H10FNO2/c1-18-12-6-10(5-11(17)7-12)13-4-2-3-9(8-16)14(13)15/h2-7,17H,1H3. The highest BCUT2D eigenvalue weighted by Crippen LogP contribution is 2.31. The van der Waals surface area contributed by atoms with Gasteiger partial charge in [0.05, 0.1) is 12.7 Å². The maximum Gasteiger partial charge on any atom is 0.148 e. The van der Waals surface area contributed by atoms with Gasteiger partial charge >= 0.3 is 0 Å². The lowest BCUT2D eigenvalue weighted by Gasteiger charge is -2.08. The van der Waals surface area contributed by atoms with Gasteiger partial charge in [0.15, 0.2) is 0 Å². The molecule has 0 heterocycles. The fraction of sp³-hybridized carbons (Fsp3) is 0.0714. The highest BCUT2D eigenvalue weighted by Gasteiger charge is 2.11. The van der Waals surface area contributed by atoms with Crippen LogP contribution in [0.3, 0.4) is 0 Å². The summed E-state index contributed by atoms with van der Waals surface area (Å²) in [6, 6.07) is 10.8. The van der Waals surface area contributed by atoms with Gasteiger partial charge < -0.3 is 9.84 Å². The molecule has 0 unspecified atom stereocenters. The summed E-state index contributed by atoms with van der Waals surface area (Å²) >= 11 is 0. The van der Waals surface area contributed by atoms with Crippen LogP contribution < -0.4 is 4.74 Å². The van der Waals surface area contributed by atoms with E-state index in [1.807, 2.05) is 0 Å². The van der Waals surface area contributed by atoms with E-state index >= 15 is 0 Å². The maximum atomic E-state index is 14.0. The third-order valence-electron chi connectivity index (χ3n) is 2.56. The molecule has 2 rings (SSSR count). The highest BCUT2D eigenvalue weighted by molar-refractivity contribution is 5.69. The van der Waals surface area contributed by atoms with E-state index in [1.54, 1.807) is 24.3 Å². The van der Waals surface area contributed by atoms with E-state index in [-0.39, 0.29) is 16.9 Å². The summed E-state index contributed by atoms with van der Waals surface area (Å²) in [5.41, 5.74) is 0.680. The predicted octanol–water partition coefficient (Wildman–Crippen LogP) is 3.08. The lowest BCUT2D eigenvalue weighted by molar-refractivity contribution is 0.408. The number of nitrogens with zero attached hydrogens (tertiary/aromatic N) is 1. The van der Waals surface area contributed by atoms with Gasteiger partial charge in [0.2, 0.25) is 0 Å². The fourth-order valence-electron chi connectivity index (χ4n) is 1.70. The van der Waals surface area contributed by atoms with Gasteiger partial charge in [0.25, 0.3) is 0 Å². The van der Waals surface area contributed by atoms with Crippen LogP contribution in [-0.2, 0) is 0 Å². The molecular weight excluding hydrogens is 233 g/mol. The van der Waals surface area contributed by atoms with Gasteiger partial charge in [-0.15, -0.1) is 0 Å². The highest BCUT2D eigenvalue weighted by atomic mass is 19.1. The summed E-state index contributed by atoms with van der Waals surface area (Å²) in [6.45, 7) is 0. The van der Waals surface area contributed by atoms with Crippen LogP contribution in [-0.4, -0.2) is 12.2 Å². The molecule has 0 radical (unpaired) electrons. The first-order valence-corrected chi connectivity index (χ1v) is 5.22. The molecule has 4 heteroatoms. The Kier molecular flexibility index (Phi) is 3.16. The van der Waals surface area contributed by atoms with Crippen molar-refractivity contribution in [3.05, 3.63) is 47.8 Å². The van der Waals surface area contributed by atoms with Crippen molar-refractivity contribution < 1.29 is 14.2 Å².